The third-order valence-electron chi connectivity index (χ3n) is 6.79. The smallest absolute Gasteiger partial charge is 0.263 e. The monoisotopic (exact) mass is 527 g/mol. The van der Waals surface area contributed by atoms with Gasteiger partial charge in [-0.2, -0.15) is 0 Å². The minimum absolute atomic E-state index is 0.00472. The number of ether oxygens (including phenoxy) is 2. The number of amides is 1. The molecule has 2 aromatic carbocycles. The van der Waals surface area contributed by atoms with E-state index in [9.17, 15) is 22.8 Å². The molecule has 37 heavy (non-hydrogen) atoms. The summed E-state index contributed by atoms with van der Waals surface area (Å²) in [6, 6.07) is 14.5. The largest absolute Gasteiger partial charge is 0.457 e. The number of hydrogen-bond donors (Lipinski definition) is 3. The number of pyridine rings is 1. The fraction of sp³-hybridized carbons (Fsp3) is 0.308. The van der Waals surface area contributed by atoms with Gasteiger partial charge >= 0.3 is 0 Å². The number of aromatic nitrogens is 1. The second-order valence-corrected chi connectivity index (χ2v) is 11.3. The lowest BCUT2D eigenvalue weighted by Crippen LogP contribution is -2.62. The molecule has 9 nitrogen and oxygen atoms in total. The van der Waals surface area contributed by atoms with E-state index in [1.54, 1.807) is 17.6 Å². The Labute approximate surface area is 213 Å². The lowest BCUT2D eigenvalue weighted by molar-refractivity contribution is -0.144. The van der Waals surface area contributed by atoms with E-state index in [1.165, 1.54) is 60.9 Å². The highest BCUT2D eigenvalue weighted by Crippen LogP contribution is 2.41. The number of nitrogens with zero attached hydrogens (tertiary/aromatic N) is 1. The molecule has 3 aromatic rings. The second-order valence-electron chi connectivity index (χ2n) is 9.27. The van der Waals surface area contributed by atoms with E-state index in [2.05, 4.69) is 10.3 Å². The summed E-state index contributed by atoms with van der Waals surface area (Å²) in [4.78, 5) is 17.0. The van der Waals surface area contributed by atoms with Crippen molar-refractivity contribution in [3.63, 3.8) is 0 Å². The number of nitrogens with one attached hydrogen (secondary N) is 2. The molecule has 2 saturated heterocycles. The van der Waals surface area contributed by atoms with E-state index < -0.39 is 32.5 Å². The average Bonchev–Trinajstić information content (AvgIpc) is 3.26. The van der Waals surface area contributed by atoms with Crippen LogP contribution in [0.25, 0.3) is 0 Å². The molecule has 3 heterocycles. The molecule has 5 rings (SSSR count). The topological polar surface area (TPSA) is 127 Å². The number of halogens is 1. The summed E-state index contributed by atoms with van der Waals surface area (Å²) in [5, 5.41) is 11.3. The van der Waals surface area contributed by atoms with Crippen molar-refractivity contribution in [2.75, 3.05) is 0 Å². The molecule has 2 fully saturated rings. The molecule has 2 bridgehead atoms. The summed E-state index contributed by atoms with van der Waals surface area (Å²) in [5.41, 5.74) is 0.702. The average molecular weight is 528 g/mol. The Hall–Kier alpha value is -3.38. The highest BCUT2D eigenvalue weighted by molar-refractivity contribution is 7.91. The van der Waals surface area contributed by atoms with E-state index in [-0.39, 0.29) is 29.9 Å². The maximum Gasteiger partial charge on any atom is 0.263 e. The van der Waals surface area contributed by atoms with Crippen LogP contribution in [0.15, 0.2) is 78.0 Å². The van der Waals surface area contributed by atoms with Gasteiger partial charge in [0, 0.05) is 30.8 Å². The van der Waals surface area contributed by atoms with Crippen molar-refractivity contribution in [1.82, 2.24) is 15.8 Å². The molecule has 194 valence electrons. The van der Waals surface area contributed by atoms with E-state index in [0.29, 0.717) is 17.1 Å². The van der Waals surface area contributed by atoms with Crippen molar-refractivity contribution in [2.45, 2.75) is 53.7 Å². The molecule has 4 atom stereocenters. The molecule has 1 amide bonds. The number of rotatable bonds is 8. The lowest BCUT2D eigenvalue weighted by Gasteiger charge is -2.41. The fourth-order valence-electron chi connectivity index (χ4n) is 5.01. The van der Waals surface area contributed by atoms with Crippen molar-refractivity contribution in [3.05, 3.63) is 84.4 Å². The van der Waals surface area contributed by atoms with Crippen LogP contribution in [-0.4, -0.2) is 42.3 Å². The van der Waals surface area contributed by atoms with Gasteiger partial charge in [0.1, 0.15) is 28.2 Å². The third kappa shape index (κ3) is 5.21. The Morgan fingerprint density at radius 1 is 1.05 bits per heavy atom. The first-order valence-electron chi connectivity index (χ1n) is 11.8. The number of carbonyl (C=O) groups is 1. The fourth-order valence-corrected chi connectivity index (χ4v) is 6.68. The lowest BCUT2D eigenvalue weighted by atomic mass is 9.85. The Balaban J connectivity index is 1.47. The Kier molecular flexibility index (Phi) is 6.95. The van der Waals surface area contributed by atoms with Crippen LogP contribution in [0, 0.1) is 5.82 Å². The predicted molar refractivity (Wildman–Crippen MR) is 130 cm³/mol. The number of hydroxylamine groups is 1. The molecule has 2 unspecified atom stereocenters. The molecular weight excluding hydrogens is 501 g/mol. The van der Waals surface area contributed by atoms with Gasteiger partial charge in [0.25, 0.3) is 5.91 Å². The number of sulfone groups is 1. The van der Waals surface area contributed by atoms with E-state index in [1.807, 2.05) is 0 Å². The summed E-state index contributed by atoms with van der Waals surface area (Å²) in [6.45, 7) is 0. The van der Waals surface area contributed by atoms with Crippen LogP contribution < -0.4 is 15.5 Å². The van der Waals surface area contributed by atoms with Gasteiger partial charge < -0.3 is 9.47 Å². The van der Waals surface area contributed by atoms with Crippen molar-refractivity contribution < 1.29 is 32.3 Å². The van der Waals surface area contributed by atoms with E-state index >= 15 is 0 Å². The van der Waals surface area contributed by atoms with Gasteiger partial charge in [0.15, 0.2) is 9.84 Å². The molecule has 0 saturated carbocycles. The van der Waals surface area contributed by atoms with Crippen molar-refractivity contribution in [3.8, 4) is 11.5 Å². The highest BCUT2D eigenvalue weighted by atomic mass is 32.2. The Morgan fingerprint density at radius 2 is 1.68 bits per heavy atom. The normalized spacial score (nSPS) is 23.8. The van der Waals surface area contributed by atoms with E-state index in [0.717, 1.165) is 12.8 Å². The van der Waals surface area contributed by atoms with Gasteiger partial charge in [-0.3, -0.25) is 20.3 Å². The molecule has 3 N–H and O–H groups in total. The molecule has 11 heteroatoms. The number of fused-ring (bicyclic) bond motifs is 2. The van der Waals surface area contributed by atoms with Crippen molar-refractivity contribution in [2.24, 2.45) is 0 Å². The van der Waals surface area contributed by atoms with Crippen LogP contribution >= 0.6 is 0 Å². The molecule has 2 aliphatic heterocycles. The minimum atomic E-state index is -4.10. The van der Waals surface area contributed by atoms with Gasteiger partial charge in [-0.25, -0.2) is 18.3 Å². The first-order valence-corrected chi connectivity index (χ1v) is 13.4. The minimum Gasteiger partial charge on any atom is -0.457 e. The zero-order valence-electron chi connectivity index (χ0n) is 19.7. The first kappa shape index (κ1) is 25.3. The summed E-state index contributed by atoms with van der Waals surface area (Å²) in [6.07, 6.45) is 4.46. The number of hydrogen-bond acceptors (Lipinski definition) is 8. The van der Waals surface area contributed by atoms with Gasteiger partial charge in [-0.1, -0.05) is 6.07 Å². The van der Waals surface area contributed by atoms with Crippen molar-refractivity contribution >= 4 is 15.7 Å². The van der Waals surface area contributed by atoms with Crippen molar-refractivity contribution in [1.29, 1.82) is 0 Å². The maximum absolute atomic E-state index is 13.9. The van der Waals surface area contributed by atoms with Crippen LogP contribution in [0.4, 0.5) is 4.39 Å². The second kappa shape index (κ2) is 10.2. The molecule has 0 spiro atoms. The van der Waals surface area contributed by atoms with Gasteiger partial charge in [-0.05, 0) is 67.4 Å². The SMILES string of the molecule is O=C(NO)C1(NC(c2cccnc2)S(=O)(=O)c2ccc(Oc3ccc(F)cc3)cc2)C[C@H]2CC[C@@H](C1)O2. The zero-order chi connectivity index (χ0) is 26.0. The predicted octanol–water partition coefficient (Wildman–Crippen LogP) is 3.66. The van der Waals surface area contributed by atoms with Crippen LogP contribution in [0.3, 0.4) is 0 Å². The highest BCUT2D eigenvalue weighted by Gasteiger charge is 2.52. The zero-order valence-corrected chi connectivity index (χ0v) is 20.5. The number of benzene rings is 2. The maximum atomic E-state index is 13.9. The summed E-state index contributed by atoms with van der Waals surface area (Å²) in [5.74, 6) is -0.334. The molecule has 0 aliphatic carbocycles. The van der Waals surface area contributed by atoms with Crippen LogP contribution in [0.1, 0.15) is 36.6 Å². The first-order chi connectivity index (χ1) is 17.8. The third-order valence-corrected chi connectivity index (χ3v) is 8.73. The molecule has 1 aromatic heterocycles. The summed E-state index contributed by atoms with van der Waals surface area (Å²) in [7, 11) is -4.10. The Morgan fingerprint density at radius 3 is 2.24 bits per heavy atom. The van der Waals surface area contributed by atoms with Crippen LogP contribution in [0.2, 0.25) is 0 Å². The van der Waals surface area contributed by atoms with E-state index in [4.69, 9.17) is 9.47 Å². The quantitative estimate of drug-likeness (QED) is 0.299. The van der Waals surface area contributed by atoms with Crippen LogP contribution in [-0.2, 0) is 19.4 Å². The van der Waals surface area contributed by atoms with Crippen LogP contribution in [0.5, 0.6) is 11.5 Å². The standard InChI is InChI=1S/C26H26FN3O6S/c27-18-3-5-19(6-4-18)35-20-9-11-23(12-10-20)37(33,34)24(17-2-1-13-28-16-17)29-26(25(31)30-32)14-21-7-8-22(15-26)36-21/h1-6,9-13,16,21-22,24,29,32H,7-8,14-15H2,(H,30,31)/t21-,22+,24?,26?. The number of carbonyl (C=O) groups excluding carboxylic acids is 1. The molecule has 2 aliphatic rings. The molecular formula is C26H26FN3O6S. The molecule has 0 radical (unpaired) electrons. The summed E-state index contributed by atoms with van der Waals surface area (Å²) < 4.78 is 52.6. The summed E-state index contributed by atoms with van der Waals surface area (Å²) >= 11 is 0. The Bertz CT molecular complexity index is 1340. The van der Waals surface area contributed by atoms with Gasteiger partial charge in [0.2, 0.25) is 0 Å². The van der Waals surface area contributed by atoms with Gasteiger partial charge in [0.05, 0.1) is 17.1 Å². The van der Waals surface area contributed by atoms with Gasteiger partial charge in [-0.15, -0.1) is 0 Å².